The van der Waals surface area contributed by atoms with Crippen LogP contribution in [0.25, 0.3) is 22.0 Å². The van der Waals surface area contributed by atoms with Crippen LogP contribution in [-0.4, -0.2) is 43.6 Å². The molecule has 1 aromatic carbocycles. The Morgan fingerprint density at radius 3 is 2.87 bits per heavy atom. The molecule has 1 fully saturated rings. The van der Waals surface area contributed by atoms with E-state index in [9.17, 15) is 4.79 Å². The van der Waals surface area contributed by atoms with Gasteiger partial charge in [-0.25, -0.2) is 0 Å². The summed E-state index contributed by atoms with van der Waals surface area (Å²) in [5.74, 6) is 0.316. The molecule has 6 nitrogen and oxygen atoms in total. The first-order valence-electron chi connectivity index (χ1n) is 10.6. The molecule has 1 aliphatic heterocycles. The van der Waals surface area contributed by atoms with Crippen molar-refractivity contribution in [3.8, 4) is 11.1 Å². The molecule has 5 rings (SSSR count). The number of benzene rings is 1. The Morgan fingerprint density at radius 1 is 1.26 bits per heavy atom. The van der Waals surface area contributed by atoms with Crippen molar-refractivity contribution in [2.24, 2.45) is 0 Å². The van der Waals surface area contributed by atoms with Crippen LogP contribution in [0.2, 0.25) is 5.02 Å². The molecule has 1 saturated heterocycles. The number of piperidine rings is 1. The smallest absolute Gasteiger partial charge is 0.244 e. The number of hydrogen-bond donors (Lipinski definition) is 1. The van der Waals surface area contributed by atoms with Gasteiger partial charge in [-0.2, -0.15) is 5.10 Å². The average molecular weight is 434 g/mol. The summed E-state index contributed by atoms with van der Waals surface area (Å²) in [6.07, 6.45) is 8.92. The zero-order valence-corrected chi connectivity index (χ0v) is 18.1. The molecule has 31 heavy (non-hydrogen) atoms. The van der Waals surface area contributed by atoms with Crippen molar-refractivity contribution in [1.82, 2.24) is 24.6 Å². The maximum Gasteiger partial charge on any atom is 0.244 e. The van der Waals surface area contributed by atoms with Crippen LogP contribution in [0, 0.1) is 6.92 Å². The van der Waals surface area contributed by atoms with E-state index in [0.29, 0.717) is 11.6 Å². The first-order valence-corrected chi connectivity index (χ1v) is 10.9. The Hall–Kier alpha value is -3.12. The van der Waals surface area contributed by atoms with Crippen molar-refractivity contribution in [1.29, 1.82) is 0 Å². The quantitative estimate of drug-likeness (QED) is 0.503. The van der Waals surface area contributed by atoms with E-state index >= 15 is 0 Å². The lowest BCUT2D eigenvalue weighted by Crippen LogP contribution is -2.41. The highest BCUT2D eigenvalue weighted by molar-refractivity contribution is 6.30. The largest absolute Gasteiger partial charge is 0.358 e. The predicted octanol–water partition coefficient (Wildman–Crippen LogP) is 4.79. The summed E-state index contributed by atoms with van der Waals surface area (Å²) in [4.78, 5) is 22.8. The van der Waals surface area contributed by atoms with Crippen molar-refractivity contribution >= 4 is 28.4 Å². The average Bonchev–Trinajstić information content (AvgIpc) is 3.37. The van der Waals surface area contributed by atoms with Gasteiger partial charge in [0.15, 0.2) is 0 Å². The number of aromatic nitrogens is 4. The molecule has 0 bridgehead atoms. The van der Waals surface area contributed by atoms with Crippen molar-refractivity contribution in [3.05, 3.63) is 71.4 Å². The molecule has 1 aliphatic rings. The number of amides is 1. The second kappa shape index (κ2) is 8.19. The van der Waals surface area contributed by atoms with Crippen LogP contribution in [0.15, 0.2) is 55.1 Å². The fourth-order valence-electron chi connectivity index (χ4n) is 4.57. The highest BCUT2D eigenvalue weighted by Gasteiger charge is 2.29. The Bertz CT molecular complexity index is 1230. The molecule has 1 amide bonds. The zero-order chi connectivity index (χ0) is 21.4. The Balaban J connectivity index is 1.48. The van der Waals surface area contributed by atoms with Crippen LogP contribution < -0.4 is 0 Å². The fourth-order valence-corrected chi connectivity index (χ4v) is 4.72. The van der Waals surface area contributed by atoms with Crippen LogP contribution in [0.5, 0.6) is 0 Å². The molecule has 0 radical (unpaired) electrons. The second-order valence-electron chi connectivity index (χ2n) is 8.23. The van der Waals surface area contributed by atoms with Gasteiger partial charge in [0.1, 0.15) is 6.54 Å². The molecule has 0 saturated carbocycles. The van der Waals surface area contributed by atoms with Crippen LogP contribution in [0.1, 0.15) is 30.0 Å². The topological polar surface area (TPSA) is 66.8 Å². The van der Waals surface area contributed by atoms with Crippen LogP contribution in [0.3, 0.4) is 0 Å². The Morgan fingerprint density at radius 2 is 2.10 bits per heavy atom. The van der Waals surface area contributed by atoms with Gasteiger partial charge in [0.25, 0.3) is 0 Å². The fraction of sp³-hybridized carbons (Fsp3) is 0.292. The minimum Gasteiger partial charge on any atom is -0.358 e. The molecule has 3 aromatic heterocycles. The van der Waals surface area contributed by atoms with Gasteiger partial charge in [0.05, 0.1) is 11.2 Å². The van der Waals surface area contributed by atoms with Crippen molar-refractivity contribution in [2.75, 3.05) is 13.1 Å². The molecular formula is C24H24ClN5O. The summed E-state index contributed by atoms with van der Waals surface area (Å²) in [6, 6.07) is 10.6. The third kappa shape index (κ3) is 3.95. The number of aryl methyl sites for hydroxylation is 1. The van der Waals surface area contributed by atoms with Crippen LogP contribution >= 0.6 is 11.6 Å². The standard InChI is InChI=1S/C24H24ClN5O/c1-16-4-5-21-20(11-16)23(17-6-8-26-9-7-17)24(28-21)18-3-2-10-29(13-18)22(31)15-30-14-19(25)12-27-30/h4-9,11-12,14,18,28H,2-3,10,13,15H2,1H3. The molecule has 4 aromatic rings. The molecule has 1 unspecified atom stereocenters. The molecule has 0 spiro atoms. The van der Waals surface area contributed by atoms with Gasteiger partial charge in [0, 0.05) is 59.8 Å². The normalized spacial score (nSPS) is 16.7. The number of aromatic amines is 1. The van der Waals surface area contributed by atoms with Gasteiger partial charge in [-0.3, -0.25) is 14.5 Å². The summed E-state index contributed by atoms with van der Waals surface area (Å²) < 4.78 is 1.60. The van der Waals surface area contributed by atoms with E-state index in [4.69, 9.17) is 11.6 Å². The molecule has 7 heteroatoms. The van der Waals surface area contributed by atoms with Gasteiger partial charge in [-0.05, 0) is 49.6 Å². The molecule has 1 atom stereocenters. The number of hydrogen-bond acceptors (Lipinski definition) is 3. The zero-order valence-electron chi connectivity index (χ0n) is 17.4. The molecule has 4 heterocycles. The Kier molecular flexibility index (Phi) is 5.24. The number of halogens is 1. The number of likely N-dealkylation sites (tertiary alicyclic amines) is 1. The summed E-state index contributed by atoms with van der Waals surface area (Å²) in [6.45, 7) is 3.79. The minimum atomic E-state index is 0.0712. The van der Waals surface area contributed by atoms with E-state index in [1.807, 2.05) is 17.3 Å². The second-order valence-corrected chi connectivity index (χ2v) is 8.67. The van der Waals surface area contributed by atoms with E-state index in [0.717, 1.165) is 30.5 Å². The number of nitrogens with one attached hydrogen (secondary N) is 1. The highest BCUT2D eigenvalue weighted by atomic mass is 35.5. The van der Waals surface area contributed by atoms with Crippen molar-refractivity contribution < 1.29 is 4.79 Å². The molecule has 0 aliphatic carbocycles. The summed E-state index contributed by atoms with van der Waals surface area (Å²) >= 11 is 5.94. The molecule has 158 valence electrons. The number of carbonyl (C=O) groups excluding carboxylic acids is 1. The van der Waals surface area contributed by atoms with Crippen molar-refractivity contribution in [2.45, 2.75) is 32.2 Å². The van der Waals surface area contributed by atoms with Crippen molar-refractivity contribution in [3.63, 3.8) is 0 Å². The lowest BCUT2D eigenvalue weighted by molar-refractivity contribution is -0.133. The Labute approximate surface area is 185 Å². The number of H-pyrrole nitrogens is 1. The van der Waals surface area contributed by atoms with Crippen LogP contribution in [-0.2, 0) is 11.3 Å². The lowest BCUT2D eigenvalue weighted by atomic mass is 9.89. The first-order chi connectivity index (χ1) is 15.1. The summed E-state index contributed by atoms with van der Waals surface area (Å²) in [7, 11) is 0. The van der Waals surface area contributed by atoms with E-state index in [-0.39, 0.29) is 18.4 Å². The number of fused-ring (bicyclic) bond motifs is 1. The van der Waals surface area contributed by atoms with E-state index in [1.54, 1.807) is 17.1 Å². The number of pyridine rings is 1. The third-order valence-electron chi connectivity index (χ3n) is 6.03. The predicted molar refractivity (Wildman–Crippen MR) is 122 cm³/mol. The highest BCUT2D eigenvalue weighted by Crippen LogP contribution is 2.39. The van der Waals surface area contributed by atoms with E-state index in [2.05, 4.69) is 52.3 Å². The minimum absolute atomic E-state index is 0.0712. The number of carbonyl (C=O) groups is 1. The van der Waals surface area contributed by atoms with Gasteiger partial charge in [-0.1, -0.05) is 23.2 Å². The number of nitrogens with zero attached hydrogens (tertiary/aromatic N) is 4. The monoisotopic (exact) mass is 433 g/mol. The first kappa shape index (κ1) is 19.8. The lowest BCUT2D eigenvalue weighted by Gasteiger charge is -2.33. The summed E-state index contributed by atoms with van der Waals surface area (Å²) in [5, 5.41) is 5.90. The SMILES string of the molecule is Cc1ccc2[nH]c(C3CCCN(C(=O)Cn4cc(Cl)cn4)C3)c(-c3ccncc3)c2c1. The summed E-state index contributed by atoms with van der Waals surface area (Å²) in [5.41, 5.74) is 5.93. The maximum atomic E-state index is 12.9. The van der Waals surface area contributed by atoms with E-state index < -0.39 is 0 Å². The van der Waals surface area contributed by atoms with Gasteiger partial charge in [-0.15, -0.1) is 0 Å². The van der Waals surface area contributed by atoms with Crippen LogP contribution in [0.4, 0.5) is 0 Å². The van der Waals surface area contributed by atoms with Gasteiger partial charge >= 0.3 is 0 Å². The number of rotatable bonds is 4. The van der Waals surface area contributed by atoms with Gasteiger partial charge in [0.2, 0.25) is 5.91 Å². The van der Waals surface area contributed by atoms with Gasteiger partial charge < -0.3 is 9.88 Å². The maximum absolute atomic E-state index is 12.9. The molecular weight excluding hydrogens is 410 g/mol. The molecule has 1 N–H and O–H groups in total. The third-order valence-corrected chi connectivity index (χ3v) is 6.23. The van der Waals surface area contributed by atoms with E-state index in [1.165, 1.54) is 22.2 Å².